The Labute approximate surface area is 202 Å². The Kier molecular flexibility index (Phi) is 7.19. The normalized spacial score (nSPS) is 16.9. The fourth-order valence-corrected chi connectivity index (χ4v) is 6.03. The van der Waals surface area contributed by atoms with Gasteiger partial charge in [-0.15, -0.1) is 32.9 Å². The quantitative estimate of drug-likeness (QED) is 0.541. The van der Waals surface area contributed by atoms with E-state index in [1.807, 2.05) is 45.3 Å². The smallest absolute Gasteiger partial charge is 0.243 e. The van der Waals surface area contributed by atoms with Crippen molar-refractivity contribution in [2.45, 2.75) is 59.0 Å². The summed E-state index contributed by atoms with van der Waals surface area (Å²) in [7, 11) is 0. The molecule has 2 aromatic heterocycles. The molecule has 1 aliphatic rings. The maximum Gasteiger partial charge on any atom is 0.243 e. The average Bonchev–Trinajstić information content (AvgIpc) is 3.53. The first-order valence-corrected chi connectivity index (χ1v) is 12.9. The second-order valence-corrected chi connectivity index (χ2v) is 10.8. The van der Waals surface area contributed by atoms with Crippen molar-refractivity contribution in [3.63, 3.8) is 0 Å². The molecule has 174 valence electrons. The van der Waals surface area contributed by atoms with E-state index in [0.29, 0.717) is 19.5 Å². The monoisotopic (exact) mass is 483 g/mol. The van der Waals surface area contributed by atoms with Gasteiger partial charge in [0.1, 0.15) is 16.1 Å². The summed E-state index contributed by atoms with van der Waals surface area (Å²) in [5.41, 5.74) is 5.03. The first-order chi connectivity index (χ1) is 15.8. The van der Waals surface area contributed by atoms with E-state index in [0.717, 1.165) is 38.1 Å². The van der Waals surface area contributed by atoms with E-state index in [2.05, 4.69) is 32.6 Å². The average molecular weight is 484 g/mol. The minimum Gasteiger partial charge on any atom is -0.350 e. The van der Waals surface area contributed by atoms with Gasteiger partial charge >= 0.3 is 0 Å². The number of carbonyl (C=O) groups is 2. The van der Waals surface area contributed by atoms with E-state index < -0.39 is 6.04 Å². The van der Waals surface area contributed by atoms with Crippen molar-refractivity contribution >= 4 is 34.5 Å². The van der Waals surface area contributed by atoms with E-state index in [1.165, 1.54) is 11.3 Å². The van der Waals surface area contributed by atoms with Crippen molar-refractivity contribution in [1.29, 1.82) is 0 Å². The molecule has 1 N–H and O–H groups in total. The van der Waals surface area contributed by atoms with Crippen LogP contribution in [0.3, 0.4) is 0 Å². The van der Waals surface area contributed by atoms with Crippen molar-refractivity contribution in [3.8, 4) is 10.4 Å². The van der Waals surface area contributed by atoms with Gasteiger partial charge in [0.25, 0.3) is 0 Å². The zero-order chi connectivity index (χ0) is 23.5. The Balaban J connectivity index is 1.40. The van der Waals surface area contributed by atoms with Gasteiger partial charge in [-0.2, -0.15) is 0 Å². The zero-order valence-electron chi connectivity index (χ0n) is 19.4. The van der Waals surface area contributed by atoms with Crippen molar-refractivity contribution in [3.05, 3.63) is 51.0 Å². The summed E-state index contributed by atoms with van der Waals surface area (Å²) in [5.74, 6) is -0.413. The molecule has 1 saturated heterocycles. The van der Waals surface area contributed by atoms with E-state index in [1.54, 1.807) is 16.2 Å². The Hall–Kier alpha value is -2.65. The molecule has 7 nitrogen and oxygen atoms in total. The third-order valence-electron chi connectivity index (χ3n) is 6.01. The van der Waals surface area contributed by atoms with Gasteiger partial charge in [-0.05, 0) is 43.7 Å². The van der Waals surface area contributed by atoms with Crippen LogP contribution in [0.5, 0.6) is 0 Å². The number of aryl methyl sites for hydroxylation is 2. The van der Waals surface area contributed by atoms with Gasteiger partial charge in [-0.25, -0.2) is 4.98 Å². The molecule has 0 radical (unpaired) electrons. The lowest BCUT2D eigenvalue weighted by Crippen LogP contribution is -2.47. The number of nitrogens with one attached hydrogen (secondary N) is 1. The number of thiazole rings is 1. The molecule has 0 aliphatic carbocycles. The van der Waals surface area contributed by atoms with Gasteiger partial charge in [-0.3, -0.25) is 9.59 Å². The second-order valence-electron chi connectivity index (χ2n) is 8.75. The lowest BCUT2D eigenvalue weighted by molar-refractivity contribution is -0.140. The van der Waals surface area contributed by atoms with Crippen molar-refractivity contribution in [2.75, 3.05) is 6.54 Å². The number of benzene rings is 1. The Morgan fingerprint density at radius 1 is 1.18 bits per heavy atom. The highest BCUT2D eigenvalue weighted by Crippen LogP contribution is 2.32. The Morgan fingerprint density at radius 3 is 2.55 bits per heavy atom. The molecule has 2 unspecified atom stereocenters. The summed E-state index contributed by atoms with van der Waals surface area (Å²) in [5, 5.41) is 12.9. The van der Waals surface area contributed by atoms with Crippen LogP contribution >= 0.6 is 22.7 Å². The molecule has 4 rings (SSSR count). The van der Waals surface area contributed by atoms with Gasteiger partial charge in [0.05, 0.1) is 22.0 Å². The highest BCUT2D eigenvalue weighted by molar-refractivity contribution is 7.13. The molecule has 2 atom stereocenters. The van der Waals surface area contributed by atoms with E-state index in [9.17, 15) is 9.59 Å². The summed E-state index contributed by atoms with van der Waals surface area (Å²) < 4.78 is 0. The number of hydrogen-bond acceptors (Lipinski definition) is 7. The Morgan fingerprint density at radius 2 is 1.94 bits per heavy atom. The molecular formula is C24H29N5O2S2. The molecule has 1 fully saturated rings. The van der Waals surface area contributed by atoms with Crippen molar-refractivity contribution in [1.82, 2.24) is 25.4 Å². The maximum absolute atomic E-state index is 13.4. The molecule has 0 saturated carbocycles. The third kappa shape index (κ3) is 5.14. The Bertz CT molecular complexity index is 1120. The van der Waals surface area contributed by atoms with Crippen molar-refractivity contribution in [2.24, 2.45) is 5.92 Å². The molecular weight excluding hydrogens is 454 g/mol. The third-order valence-corrected chi connectivity index (χ3v) is 7.91. The van der Waals surface area contributed by atoms with Crippen LogP contribution in [0.1, 0.15) is 53.9 Å². The first kappa shape index (κ1) is 23.5. The molecule has 2 amide bonds. The van der Waals surface area contributed by atoms with Crippen LogP contribution in [0.4, 0.5) is 0 Å². The molecule has 3 heterocycles. The number of carbonyl (C=O) groups excluding carboxylic acids is 2. The fourth-order valence-electron chi connectivity index (χ4n) is 4.26. The minimum atomic E-state index is -0.438. The van der Waals surface area contributed by atoms with Gasteiger partial charge in [-0.1, -0.05) is 38.1 Å². The zero-order valence-corrected chi connectivity index (χ0v) is 21.0. The number of aromatic nitrogens is 3. The largest absolute Gasteiger partial charge is 0.350 e. The highest BCUT2D eigenvalue weighted by Gasteiger charge is 2.39. The number of nitrogens with zero attached hydrogens (tertiary/aromatic N) is 4. The van der Waals surface area contributed by atoms with Crippen LogP contribution in [0.15, 0.2) is 29.8 Å². The molecule has 1 aliphatic heterocycles. The van der Waals surface area contributed by atoms with Gasteiger partial charge in [0, 0.05) is 13.1 Å². The standard InChI is InChI=1S/C24H29N5O2S2/c1-14(2)20(23-28-27-16(4)33-23)24(31)29-11-5-6-19(29)22(30)25-12-17-7-9-18(10-8-17)21-15(3)26-13-32-21/h7-10,13-14,19-20H,5-6,11-12H2,1-4H3,(H,25,30). The molecule has 0 spiro atoms. The molecule has 0 bridgehead atoms. The van der Waals surface area contributed by atoms with Gasteiger partial charge < -0.3 is 10.2 Å². The predicted molar refractivity (Wildman–Crippen MR) is 131 cm³/mol. The van der Waals surface area contributed by atoms with Gasteiger partial charge in [0.15, 0.2) is 0 Å². The fraction of sp³-hybridized carbons (Fsp3) is 0.458. The maximum atomic E-state index is 13.4. The van der Waals surface area contributed by atoms with Crippen molar-refractivity contribution < 1.29 is 9.59 Å². The molecule has 1 aromatic carbocycles. The first-order valence-electron chi connectivity index (χ1n) is 11.2. The lowest BCUT2D eigenvalue weighted by atomic mass is 9.94. The minimum absolute atomic E-state index is 0.0249. The summed E-state index contributed by atoms with van der Waals surface area (Å²) in [4.78, 5) is 33.7. The van der Waals surface area contributed by atoms with Gasteiger partial charge in [0.2, 0.25) is 11.8 Å². The van der Waals surface area contributed by atoms with E-state index in [-0.39, 0.29) is 23.7 Å². The number of likely N-dealkylation sites (tertiary alicyclic amines) is 1. The highest BCUT2D eigenvalue weighted by atomic mass is 32.1. The molecule has 33 heavy (non-hydrogen) atoms. The summed E-state index contributed by atoms with van der Waals surface area (Å²) in [6.07, 6.45) is 1.51. The van der Waals surface area contributed by atoms with Crippen LogP contribution < -0.4 is 5.32 Å². The second kappa shape index (κ2) is 10.1. The molecule has 9 heteroatoms. The van der Waals surface area contributed by atoms with Crippen LogP contribution in [-0.4, -0.2) is 44.5 Å². The van der Waals surface area contributed by atoms with E-state index >= 15 is 0 Å². The lowest BCUT2D eigenvalue weighted by Gasteiger charge is -2.29. The topological polar surface area (TPSA) is 88.1 Å². The number of amides is 2. The summed E-state index contributed by atoms with van der Waals surface area (Å²) >= 11 is 3.08. The van der Waals surface area contributed by atoms with E-state index in [4.69, 9.17) is 0 Å². The van der Waals surface area contributed by atoms with Crippen LogP contribution in [-0.2, 0) is 16.1 Å². The number of rotatable bonds is 7. The van der Waals surface area contributed by atoms with Crippen LogP contribution in [0, 0.1) is 19.8 Å². The predicted octanol–water partition coefficient (Wildman–Crippen LogP) is 4.33. The summed E-state index contributed by atoms with van der Waals surface area (Å²) in [6, 6.07) is 7.74. The summed E-state index contributed by atoms with van der Waals surface area (Å²) in [6.45, 7) is 8.96. The number of hydrogen-bond donors (Lipinski definition) is 1. The SMILES string of the molecule is Cc1nnc(C(C(=O)N2CCCC2C(=O)NCc2ccc(-c3scnc3C)cc2)C(C)C)s1. The molecule has 3 aromatic rings. The van der Waals surface area contributed by atoms with Crippen LogP contribution in [0.2, 0.25) is 0 Å². The van der Waals surface area contributed by atoms with Crippen LogP contribution in [0.25, 0.3) is 10.4 Å².